The third-order valence-corrected chi connectivity index (χ3v) is 3.77. The van der Waals surface area contributed by atoms with Crippen LogP contribution in [0.4, 0.5) is 0 Å². The molecule has 1 saturated heterocycles. The third-order valence-electron chi connectivity index (χ3n) is 2.78. The highest BCUT2D eigenvalue weighted by Crippen LogP contribution is 2.26. The Hall–Kier alpha value is -0.910. The van der Waals surface area contributed by atoms with Crippen LogP contribution < -0.4 is 0 Å². The standard InChI is InChI=1S/C13H18O4S/c1-13(2)16-7-10(17-13)4-9-5-11(18-8-9)6-12(14)15-3/h5,8,10H,4,6-7H2,1-3H3/t10-/m0/s1. The summed E-state index contributed by atoms with van der Waals surface area (Å²) in [5.41, 5.74) is 1.19. The first-order valence-electron chi connectivity index (χ1n) is 5.93. The Morgan fingerprint density at radius 2 is 2.39 bits per heavy atom. The Morgan fingerprint density at radius 3 is 3.00 bits per heavy atom. The van der Waals surface area contributed by atoms with E-state index in [-0.39, 0.29) is 12.1 Å². The molecule has 1 fully saturated rings. The normalized spacial score (nSPS) is 22.1. The lowest BCUT2D eigenvalue weighted by molar-refractivity contribution is -0.139. The van der Waals surface area contributed by atoms with Crippen molar-refractivity contribution >= 4 is 17.3 Å². The summed E-state index contributed by atoms with van der Waals surface area (Å²) in [6.07, 6.45) is 1.26. The molecule has 1 aromatic heterocycles. The zero-order chi connectivity index (χ0) is 13.2. The predicted octanol–water partition coefficient (Wildman–Crippen LogP) is 2.16. The van der Waals surface area contributed by atoms with Gasteiger partial charge in [0.1, 0.15) is 0 Å². The molecule has 18 heavy (non-hydrogen) atoms. The van der Waals surface area contributed by atoms with Gasteiger partial charge in [-0.05, 0) is 30.9 Å². The predicted molar refractivity (Wildman–Crippen MR) is 68.6 cm³/mol. The Labute approximate surface area is 111 Å². The number of methoxy groups -OCH3 is 1. The second-order valence-corrected chi connectivity index (χ2v) is 5.82. The third kappa shape index (κ3) is 3.54. The minimum Gasteiger partial charge on any atom is -0.469 e. The van der Waals surface area contributed by atoms with E-state index < -0.39 is 5.79 Å². The molecule has 0 aliphatic carbocycles. The van der Waals surface area contributed by atoms with Crippen molar-refractivity contribution in [1.29, 1.82) is 0 Å². The lowest BCUT2D eigenvalue weighted by Gasteiger charge is -2.16. The Kier molecular flexibility index (Phi) is 4.04. The lowest BCUT2D eigenvalue weighted by Crippen LogP contribution is -2.22. The van der Waals surface area contributed by atoms with Gasteiger partial charge in [-0.15, -0.1) is 11.3 Å². The molecule has 5 heteroatoms. The highest BCUT2D eigenvalue weighted by atomic mass is 32.1. The molecule has 0 bridgehead atoms. The molecular formula is C13H18O4S. The van der Waals surface area contributed by atoms with Crippen molar-refractivity contribution in [3.05, 3.63) is 21.9 Å². The number of ether oxygens (including phenoxy) is 3. The SMILES string of the molecule is COC(=O)Cc1cc(C[C@H]2COC(C)(C)O2)cs1. The molecule has 2 heterocycles. The summed E-state index contributed by atoms with van der Waals surface area (Å²) in [6, 6.07) is 2.04. The van der Waals surface area contributed by atoms with Gasteiger partial charge >= 0.3 is 5.97 Å². The number of carbonyl (C=O) groups excluding carboxylic acids is 1. The number of hydrogen-bond acceptors (Lipinski definition) is 5. The average molecular weight is 270 g/mol. The van der Waals surface area contributed by atoms with E-state index in [1.54, 1.807) is 11.3 Å². The molecule has 0 spiro atoms. The average Bonchev–Trinajstić information content (AvgIpc) is 2.86. The van der Waals surface area contributed by atoms with Gasteiger partial charge in [0, 0.05) is 11.3 Å². The van der Waals surface area contributed by atoms with Crippen molar-refractivity contribution in [2.24, 2.45) is 0 Å². The van der Waals surface area contributed by atoms with Crippen molar-refractivity contribution in [3.63, 3.8) is 0 Å². The molecule has 0 unspecified atom stereocenters. The Bertz CT molecular complexity index is 424. The Balaban J connectivity index is 1.89. The molecule has 0 radical (unpaired) electrons. The van der Waals surface area contributed by atoms with Gasteiger partial charge in [-0.2, -0.15) is 0 Å². The Morgan fingerprint density at radius 1 is 1.61 bits per heavy atom. The number of hydrogen-bond donors (Lipinski definition) is 0. The van der Waals surface area contributed by atoms with E-state index in [9.17, 15) is 4.79 Å². The molecule has 2 rings (SSSR count). The van der Waals surface area contributed by atoms with Crippen LogP contribution in [0.1, 0.15) is 24.3 Å². The van der Waals surface area contributed by atoms with Crippen molar-refractivity contribution in [3.8, 4) is 0 Å². The molecule has 1 aromatic rings. The largest absolute Gasteiger partial charge is 0.469 e. The summed E-state index contributed by atoms with van der Waals surface area (Å²) < 4.78 is 15.9. The molecule has 4 nitrogen and oxygen atoms in total. The fourth-order valence-electron chi connectivity index (χ4n) is 1.97. The lowest BCUT2D eigenvalue weighted by atomic mass is 10.1. The number of carbonyl (C=O) groups is 1. The van der Waals surface area contributed by atoms with Gasteiger partial charge in [0.2, 0.25) is 0 Å². The summed E-state index contributed by atoms with van der Waals surface area (Å²) in [4.78, 5) is 12.2. The summed E-state index contributed by atoms with van der Waals surface area (Å²) in [6.45, 7) is 4.46. The maximum absolute atomic E-state index is 11.2. The van der Waals surface area contributed by atoms with Crippen LogP contribution >= 0.6 is 11.3 Å². The molecular weight excluding hydrogens is 252 g/mol. The van der Waals surface area contributed by atoms with Crippen LogP contribution in [0.3, 0.4) is 0 Å². The maximum atomic E-state index is 11.2. The monoisotopic (exact) mass is 270 g/mol. The molecule has 1 aliphatic rings. The molecule has 0 aromatic carbocycles. The van der Waals surface area contributed by atoms with Crippen LogP contribution in [0, 0.1) is 0 Å². The van der Waals surface area contributed by atoms with Gasteiger partial charge in [0.15, 0.2) is 5.79 Å². The minimum absolute atomic E-state index is 0.0978. The van der Waals surface area contributed by atoms with Crippen LogP contribution in [0.15, 0.2) is 11.4 Å². The molecule has 0 saturated carbocycles. The molecule has 100 valence electrons. The maximum Gasteiger partial charge on any atom is 0.310 e. The molecule has 1 aliphatic heterocycles. The number of thiophene rings is 1. The van der Waals surface area contributed by atoms with Gasteiger partial charge in [0.05, 0.1) is 26.2 Å². The van der Waals surface area contributed by atoms with Crippen molar-refractivity contribution < 1.29 is 19.0 Å². The highest BCUT2D eigenvalue weighted by molar-refractivity contribution is 7.10. The van der Waals surface area contributed by atoms with Crippen LogP contribution in [0.25, 0.3) is 0 Å². The number of rotatable bonds is 4. The van der Waals surface area contributed by atoms with E-state index in [4.69, 9.17) is 9.47 Å². The summed E-state index contributed by atoms with van der Waals surface area (Å²) in [5, 5.41) is 2.06. The fourth-order valence-corrected chi connectivity index (χ4v) is 2.85. The zero-order valence-corrected chi connectivity index (χ0v) is 11.7. The summed E-state index contributed by atoms with van der Waals surface area (Å²) >= 11 is 1.58. The first-order chi connectivity index (χ1) is 8.48. The summed E-state index contributed by atoms with van der Waals surface area (Å²) in [5.74, 6) is -0.680. The minimum atomic E-state index is -0.477. The van der Waals surface area contributed by atoms with Crippen LogP contribution in [0.5, 0.6) is 0 Å². The van der Waals surface area contributed by atoms with Crippen molar-refractivity contribution in [1.82, 2.24) is 0 Å². The van der Waals surface area contributed by atoms with Crippen LogP contribution in [0.2, 0.25) is 0 Å². The molecule has 1 atom stereocenters. The van der Waals surface area contributed by atoms with E-state index in [1.165, 1.54) is 12.7 Å². The zero-order valence-electron chi connectivity index (χ0n) is 10.9. The first-order valence-corrected chi connectivity index (χ1v) is 6.81. The van der Waals surface area contributed by atoms with Crippen molar-refractivity contribution in [2.45, 2.75) is 38.6 Å². The highest BCUT2D eigenvalue weighted by Gasteiger charge is 2.32. The van der Waals surface area contributed by atoms with E-state index in [2.05, 4.69) is 10.1 Å². The second-order valence-electron chi connectivity index (χ2n) is 4.83. The van der Waals surface area contributed by atoms with Gasteiger partial charge < -0.3 is 14.2 Å². The van der Waals surface area contributed by atoms with E-state index in [0.29, 0.717) is 13.0 Å². The van der Waals surface area contributed by atoms with E-state index in [1.807, 2.05) is 19.9 Å². The van der Waals surface area contributed by atoms with Crippen LogP contribution in [-0.2, 0) is 31.8 Å². The first kappa shape index (κ1) is 13.5. The second kappa shape index (κ2) is 5.38. The topological polar surface area (TPSA) is 44.8 Å². The fraction of sp³-hybridized carbons (Fsp3) is 0.615. The molecule has 0 N–H and O–H groups in total. The quantitative estimate of drug-likeness (QED) is 0.786. The van der Waals surface area contributed by atoms with Gasteiger partial charge in [0.25, 0.3) is 0 Å². The van der Waals surface area contributed by atoms with E-state index in [0.717, 1.165) is 11.3 Å². The van der Waals surface area contributed by atoms with Gasteiger partial charge in [-0.3, -0.25) is 4.79 Å². The summed E-state index contributed by atoms with van der Waals surface area (Å²) in [7, 11) is 1.41. The van der Waals surface area contributed by atoms with Gasteiger partial charge in [-0.1, -0.05) is 0 Å². The smallest absolute Gasteiger partial charge is 0.310 e. The van der Waals surface area contributed by atoms with Gasteiger partial charge in [-0.25, -0.2) is 0 Å². The van der Waals surface area contributed by atoms with Crippen LogP contribution in [-0.4, -0.2) is 31.6 Å². The van der Waals surface area contributed by atoms with E-state index >= 15 is 0 Å². The number of esters is 1. The van der Waals surface area contributed by atoms with Crippen molar-refractivity contribution in [2.75, 3.05) is 13.7 Å². The molecule has 0 amide bonds.